The second kappa shape index (κ2) is 6.90. The summed E-state index contributed by atoms with van der Waals surface area (Å²) < 4.78 is 0. The van der Waals surface area contributed by atoms with E-state index in [0.717, 1.165) is 25.1 Å². The highest BCUT2D eigenvalue weighted by Gasteiger charge is 2.26. The van der Waals surface area contributed by atoms with Crippen LogP contribution >= 0.6 is 12.4 Å². The summed E-state index contributed by atoms with van der Waals surface area (Å²) >= 11 is 0. The summed E-state index contributed by atoms with van der Waals surface area (Å²) in [5, 5.41) is 12.8. The number of aromatic nitrogens is 1. The highest BCUT2D eigenvalue weighted by atomic mass is 35.5. The van der Waals surface area contributed by atoms with Gasteiger partial charge in [0.05, 0.1) is 0 Å². The van der Waals surface area contributed by atoms with E-state index in [9.17, 15) is 9.90 Å². The van der Waals surface area contributed by atoms with E-state index in [1.54, 1.807) is 12.3 Å². The van der Waals surface area contributed by atoms with Crippen molar-refractivity contribution in [3.8, 4) is 0 Å². The molecule has 6 heteroatoms. The minimum Gasteiger partial charge on any atom is -0.478 e. The maximum absolute atomic E-state index is 11.6. The van der Waals surface area contributed by atoms with Crippen molar-refractivity contribution in [2.45, 2.75) is 32.2 Å². The van der Waals surface area contributed by atoms with Crippen LogP contribution in [0.5, 0.6) is 0 Å². The first-order valence-corrected chi connectivity index (χ1v) is 6.68. The summed E-state index contributed by atoms with van der Waals surface area (Å²) in [5.74, 6) is -0.153. The quantitative estimate of drug-likeness (QED) is 0.891. The van der Waals surface area contributed by atoms with E-state index in [-0.39, 0.29) is 18.3 Å². The molecule has 0 spiro atoms. The number of halogens is 1. The molecule has 2 heterocycles. The Labute approximate surface area is 125 Å². The molecular weight excluding hydrogens is 278 g/mol. The Morgan fingerprint density at radius 2 is 2.25 bits per heavy atom. The second-order valence-corrected chi connectivity index (χ2v) is 5.32. The first kappa shape index (κ1) is 16.7. The van der Waals surface area contributed by atoms with Gasteiger partial charge in [0, 0.05) is 25.8 Å². The van der Waals surface area contributed by atoms with E-state index in [4.69, 9.17) is 0 Å². The minimum absolute atomic E-state index is 0. The molecule has 1 aromatic heterocycles. The molecule has 1 aliphatic rings. The van der Waals surface area contributed by atoms with E-state index in [0.29, 0.717) is 17.4 Å². The summed E-state index contributed by atoms with van der Waals surface area (Å²) in [6.07, 6.45) is 2.72. The minimum atomic E-state index is -0.899. The number of carboxylic acid groups (broad SMARTS) is 1. The lowest BCUT2D eigenvalue weighted by Crippen LogP contribution is -2.35. The number of pyridine rings is 1. The maximum Gasteiger partial charge on any atom is 0.339 e. The lowest BCUT2D eigenvalue weighted by molar-refractivity contribution is 0.0695. The third-order valence-corrected chi connectivity index (χ3v) is 3.72. The highest BCUT2D eigenvalue weighted by molar-refractivity contribution is 5.95. The van der Waals surface area contributed by atoms with Gasteiger partial charge < -0.3 is 15.3 Å². The standard InChI is InChI=1S/C14H21N3O2.ClH/c1-9(2)11-5-7-16-13(12(11)14(18)19)17(3)10-4-6-15-8-10;/h5,7,9-10,15H,4,6,8H2,1-3H3,(H,18,19);1H/t10-;/m1./s1. The number of aromatic carboxylic acids is 1. The molecule has 0 aromatic carbocycles. The Hall–Kier alpha value is -1.33. The molecule has 1 aliphatic heterocycles. The van der Waals surface area contributed by atoms with Crippen LogP contribution in [0.25, 0.3) is 0 Å². The molecule has 0 aliphatic carbocycles. The molecule has 2 rings (SSSR count). The van der Waals surface area contributed by atoms with E-state index < -0.39 is 5.97 Å². The van der Waals surface area contributed by atoms with Gasteiger partial charge in [-0.2, -0.15) is 0 Å². The second-order valence-electron chi connectivity index (χ2n) is 5.32. The zero-order chi connectivity index (χ0) is 14.0. The van der Waals surface area contributed by atoms with Crippen LogP contribution in [0.4, 0.5) is 5.82 Å². The number of nitrogens with one attached hydrogen (secondary N) is 1. The molecule has 2 N–H and O–H groups in total. The number of likely N-dealkylation sites (N-methyl/N-ethyl adjacent to an activating group) is 1. The van der Waals surface area contributed by atoms with Crippen molar-refractivity contribution >= 4 is 24.2 Å². The van der Waals surface area contributed by atoms with Gasteiger partial charge in [0.2, 0.25) is 0 Å². The van der Waals surface area contributed by atoms with E-state index in [2.05, 4.69) is 10.3 Å². The SMILES string of the molecule is CC(C)c1ccnc(N(C)[C@@H]2CCNC2)c1C(=O)O.Cl. The molecule has 0 unspecified atom stereocenters. The van der Waals surface area contributed by atoms with Gasteiger partial charge in [-0.15, -0.1) is 12.4 Å². The van der Waals surface area contributed by atoms with Crippen molar-refractivity contribution < 1.29 is 9.90 Å². The van der Waals surface area contributed by atoms with Gasteiger partial charge in [-0.25, -0.2) is 9.78 Å². The van der Waals surface area contributed by atoms with E-state index in [1.165, 1.54) is 0 Å². The lowest BCUT2D eigenvalue weighted by atomic mass is 9.98. The van der Waals surface area contributed by atoms with Gasteiger partial charge in [-0.05, 0) is 30.5 Å². The predicted octanol–water partition coefficient (Wildman–Crippen LogP) is 2.12. The van der Waals surface area contributed by atoms with Gasteiger partial charge in [0.1, 0.15) is 11.4 Å². The number of hydrogen-bond donors (Lipinski definition) is 2. The largest absolute Gasteiger partial charge is 0.478 e. The average molecular weight is 300 g/mol. The molecule has 0 bridgehead atoms. The van der Waals surface area contributed by atoms with Crippen LogP contribution in [-0.2, 0) is 0 Å². The zero-order valence-corrected chi connectivity index (χ0v) is 12.9. The van der Waals surface area contributed by atoms with Crippen molar-refractivity contribution in [1.82, 2.24) is 10.3 Å². The fourth-order valence-corrected chi connectivity index (χ4v) is 2.58. The third kappa shape index (κ3) is 3.22. The number of anilines is 1. The van der Waals surface area contributed by atoms with Crippen LogP contribution < -0.4 is 10.2 Å². The van der Waals surface area contributed by atoms with Crippen LogP contribution in [0.1, 0.15) is 42.1 Å². The van der Waals surface area contributed by atoms with Crippen LogP contribution in [0.3, 0.4) is 0 Å². The Balaban J connectivity index is 0.00000200. The average Bonchev–Trinajstić information content (AvgIpc) is 2.90. The topological polar surface area (TPSA) is 65.5 Å². The van der Waals surface area contributed by atoms with Crippen molar-refractivity contribution in [3.63, 3.8) is 0 Å². The van der Waals surface area contributed by atoms with Gasteiger partial charge in [0.15, 0.2) is 0 Å². The highest BCUT2D eigenvalue weighted by Crippen LogP contribution is 2.28. The molecule has 5 nitrogen and oxygen atoms in total. The van der Waals surface area contributed by atoms with Gasteiger partial charge in [-0.1, -0.05) is 13.8 Å². The van der Waals surface area contributed by atoms with Gasteiger partial charge >= 0.3 is 5.97 Å². The first-order valence-electron chi connectivity index (χ1n) is 6.68. The van der Waals surface area contributed by atoms with Crippen molar-refractivity contribution in [1.29, 1.82) is 0 Å². The summed E-state index contributed by atoms with van der Waals surface area (Å²) in [6, 6.07) is 2.12. The first-order chi connectivity index (χ1) is 9.02. The van der Waals surface area contributed by atoms with Crippen LogP contribution in [0, 0.1) is 0 Å². The number of hydrogen-bond acceptors (Lipinski definition) is 4. The molecule has 0 radical (unpaired) electrons. The van der Waals surface area contributed by atoms with Crippen LogP contribution in [0.15, 0.2) is 12.3 Å². The van der Waals surface area contributed by atoms with Crippen molar-refractivity contribution in [2.24, 2.45) is 0 Å². The zero-order valence-electron chi connectivity index (χ0n) is 12.1. The monoisotopic (exact) mass is 299 g/mol. The Kier molecular flexibility index (Phi) is 5.77. The van der Waals surface area contributed by atoms with Crippen LogP contribution in [-0.4, -0.2) is 42.2 Å². The maximum atomic E-state index is 11.6. The fourth-order valence-electron chi connectivity index (χ4n) is 2.58. The van der Waals surface area contributed by atoms with Gasteiger partial charge in [0.25, 0.3) is 0 Å². The molecule has 112 valence electrons. The molecule has 1 fully saturated rings. The normalized spacial score (nSPS) is 17.9. The summed E-state index contributed by atoms with van der Waals surface area (Å²) in [4.78, 5) is 17.9. The summed E-state index contributed by atoms with van der Waals surface area (Å²) in [5.41, 5.74) is 1.18. The molecule has 20 heavy (non-hydrogen) atoms. The van der Waals surface area contributed by atoms with Crippen molar-refractivity contribution in [3.05, 3.63) is 23.4 Å². The molecule has 0 saturated carbocycles. The molecule has 1 saturated heterocycles. The number of rotatable bonds is 4. The van der Waals surface area contributed by atoms with E-state index in [1.807, 2.05) is 25.8 Å². The van der Waals surface area contributed by atoms with E-state index >= 15 is 0 Å². The predicted molar refractivity (Wildman–Crippen MR) is 82.2 cm³/mol. The number of carbonyl (C=O) groups is 1. The summed E-state index contributed by atoms with van der Waals surface area (Å²) in [6.45, 7) is 5.86. The number of nitrogens with zero attached hydrogens (tertiary/aromatic N) is 2. The third-order valence-electron chi connectivity index (χ3n) is 3.72. The molecule has 1 aromatic rings. The van der Waals surface area contributed by atoms with Crippen LogP contribution in [0.2, 0.25) is 0 Å². The van der Waals surface area contributed by atoms with Crippen molar-refractivity contribution in [2.75, 3.05) is 25.0 Å². The Morgan fingerprint density at radius 3 is 2.75 bits per heavy atom. The molecule has 0 amide bonds. The lowest BCUT2D eigenvalue weighted by Gasteiger charge is -2.27. The fraction of sp³-hybridized carbons (Fsp3) is 0.571. The molecule has 1 atom stereocenters. The smallest absolute Gasteiger partial charge is 0.339 e. The van der Waals surface area contributed by atoms with Gasteiger partial charge in [-0.3, -0.25) is 0 Å². The Morgan fingerprint density at radius 1 is 1.55 bits per heavy atom. The Bertz CT molecular complexity index is 473. The number of carboxylic acids is 1. The molecular formula is C14H22ClN3O2. The summed E-state index contributed by atoms with van der Waals surface area (Å²) in [7, 11) is 1.93.